The van der Waals surface area contributed by atoms with Crippen LogP contribution in [0.3, 0.4) is 0 Å². The molecule has 1 aromatic carbocycles. The number of ether oxygens (including phenoxy) is 1. The highest BCUT2D eigenvalue weighted by Gasteiger charge is 2.25. The van der Waals surface area contributed by atoms with Gasteiger partial charge in [-0.1, -0.05) is 31.4 Å². The van der Waals surface area contributed by atoms with Crippen molar-refractivity contribution in [2.45, 2.75) is 56.5 Å². The van der Waals surface area contributed by atoms with Crippen molar-refractivity contribution in [1.29, 1.82) is 0 Å². The maximum atomic E-state index is 12.3. The summed E-state index contributed by atoms with van der Waals surface area (Å²) < 4.78 is 31.7. The fourth-order valence-corrected chi connectivity index (χ4v) is 4.32. The van der Waals surface area contributed by atoms with Crippen LogP contribution < -0.4 is 10.0 Å². The van der Waals surface area contributed by atoms with Gasteiger partial charge in [0.2, 0.25) is 10.0 Å². The van der Waals surface area contributed by atoms with Crippen molar-refractivity contribution in [3.8, 4) is 0 Å². The molecule has 0 bridgehead atoms. The Bertz CT molecular complexity index is 766. The van der Waals surface area contributed by atoms with Gasteiger partial charge in [-0.05, 0) is 49.9 Å². The first kappa shape index (κ1) is 21.7. The molecule has 1 fully saturated rings. The molecule has 0 heterocycles. The van der Waals surface area contributed by atoms with Crippen LogP contribution in [0, 0.1) is 5.92 Å². The van der Waals surface area contributed by atoms with Crippen LogP contribution in [0.2, 0.25) is 5.02 Å². The summed E-state index contributed by atoms with van der Waals surface area (Å²) in [6, 6.07) is 4.51. The highest BCUT2D eigenvalue weighted by molar-refractivity contribution is 7.89. The maximum Gasteiger partial charge on any atom is 0.324 e. The van der Waals surface area contributed by atoms with E-state index in [1.807, 2.05) is 0 Å². The quantitative estimate of drug-likeness (QED) is 0.664. The predicted molar refractivity (Wildman–Crippen MR) is 102 cm³/mol. The molecule has 2 N–H and O–H groups in total. The molecule has 9 heteroatoms. The van der Waals surface area contributed by atoms with E-state index in [0.29, 0.717) is 10.9 Å². The van der Waals surface area contributed by atoms with Crippen molar-refractivity contribution in [2.24, 2.45) is 5.92 Å². The van der Waals surface area contributed by atoms with E-state index >= 15 is 0 Å². The second-order valence-electron chi connectivity index (χ2n) is 6.84. The van der Waals surface area contributed by atoms with E-state index in [9.17, 15) is 18.0 Å². The van der Waals surface area contributed by atoms with Crippen molar-refractivity contribution < 1.29 is 22.7 Å². The number of nitrogens with one attached hydrogen (secondary N) is 2. The first-order chi connectivity index (χ1) is 12.7. The largest absolute Gasteiger partial charge is 0.454 e. The molecule has 0 radical (unpaired) electrons. The lowest BCUT2D eigenvalue weighted by atomic mass is 9.86. The Morgan fingerprint density at radius 2 is 1.85 bits per heavy atom. The second kappa shape index (κ2) is 9.52. The standard InChI is InChI=1S/C18H25ClN2O5S/c1-12-5-3-4-6-16(12)20-17(22)11-26-18(23)13(2)21-27(24,25)15-9-7-14(19)8-10-15/h7-10,12-13,16,21H,3-6,11H2,1-2H3,(H,20,22)/t12-,13-,16-/m0/s1. The van der Waals surface area contributed by atoms with Gasteiger partial charge in [-0.3, -0.25) is 9.59 Å². The third-order valence-corrected chi connectivity index (χ3v) is 6.42. The monoisotopic (exact) mass is 416 g/mol. The van der Waals surface area contributed by atoms with Crippen LogP contribution in [0.25, 0.3) is 0 Å². The third-order valence-electron chi connectivity index (χ3n) is 4.61. The zero-order valence-corrected chi connectivity index (χ0v) is 17.0. The number of carbonyl (C=O) groups excluding carboxylic acids is 2. The summed E-state index contributed by atoms with van der Waals surface area (Å²) in [5, 5.41) is 3.28. The highest BCUT2D eigenvalue weighted by atomic mass is 35.5. The first-order valence-corrected chi connectivity index (χ1v) is 10.8. The normalized spacial score (nSPS) is 21.3. The predicted octanol–water partition coefficient (Wildman–Crippen LogP) is 2.24. The van der Waals surface area contributed by atoms with Gasteiger partial charge in [0.05, 0.1) is 4.90 Å². The number of amides is 1. The summed E-state index contributed by atoms with van der Waals surface area (Å²) in [6.07, 6.45) is 4.21. The number of halogens is 1. The Morgan fingerprint density at radius 3 is 2.48 bits per heavy atom. The first-order valence-electron chi connectivity index (χ1n) is 8.93. The van der Waals surface area contributed by atoms with Crippen LogP contribution in [0.15, 0.2) is 29.2 Å². The van der Waals surface area contributed by atoms with Gasteiger partial charge < -0.3 is 10.1 Å². The van der Waals surface area contributed by atoms with Gasteiger partial charge >= 0.3 is 5.97 Å². The zero-order valence-electron chi connectivity index (χ0n) is 15.4. The van der Waals surface area contributed by atoms with Crippen LogP contribution in [-0.2, 0) is 24.3 Å². The van der Waals surface area contributed by atoms with Crippen molar-refractivity contribution in [3.63, 3.8) is 0 Å². The number of rotatable bonds is 7. The van der Waals surface area contributed by atoms with Gasteiger partial charge in [0, 0.05) is 11.1 Å². The van der Waals surface area contributed by atoms with Crippen LogP contribution in [0.4, 0.5) is 0 Å². The molecule has 1 amide bonds. The van der Waals surface area contributed by atoms with Crippen LogP contribution in [-0.4, -0.2) is 39.0 Å². The lowest BCUT2D eigenvalue weighted by Crippen LogP contribution is -2.44. The van der Waals surface area contributed by atoms with Crippen LogP contribution >= 0.6 is 11.6 Å². The van der Waals surface area contributed by atoms with Gasteiger partial charge in [0.1, 0.15) is 6.04 Å². The topological polar surface area (TPSA) is 102 Å². The summed E-state index contributed by atoms with van der Waals surface area (Å²) in [5.74, 6) is -0.808. The van der Waals surface area contributed by atoms with E-state index < -0.39 is 28.6 Å². The Balaban J connectivity index is 1.82. The average Bonchev–Trinajstić information content (AvgIpc) is 2.61. The van der Waals surface area contributed by atoms with E-state index in [2.05, 4.69) is 17.0 Å². The number of benzene rings is 1. The molecule has 2 rings (SSSR count). The fourth-order valence-electron chi connectivity index (χ4n) is 3.00. The SMILES string of the molecule is C[C@H](NS(=O)(=O)c1ccc(Cl)cc1)C(=O)OCC(=O)N[C@H]1CCCC[C@@H]1C. The minimum Gasteiger partial charge on any atom is -0.454 e. The highest BCUT2D eigenvalue weighted by Crippen LogP contribution is 2.23. The molecular weight excluding hydrogens is 392 g/mol. The Morgan fingerprint density at radius 1 is 1.22 bits per heavy atom. The van der Waals surface area contributed by atoms with E-state index in [1.165, 1.54) is 31.2 Å². The van der Waals surface area contributed by atoms with Crippen molar-refractivity contribution in [3.05, 3.63) is 29.3 Å². The molecule has 3 atom stereocenters. The number of hydrogen-bond acceptors (Lipinski definition) is 5. The van der Waals surface area contributed by atoms with Crippen LogP contribution in [0.1, 0.15) is 39.5 Å². The zero-order chi connectivity index (χ0) is 20.0. The third kappa shape index (κ3) is 6.48. The van der Waals surface area contributed by atoms with Crippen molar-refractivity contribution in [1.82, 2.24) is 10.0 Å². The van der Waals surface area contributed by atoms with Gasteiger partial charge in [0.15, 0.2) is 6.61 Å². The van der Waals surface area contributed by atoms with E-state index in [1.54, 1.807) is 0 Å². The second-order valence-corrected chi connectivity index (χ2v) is 8.99. The molecule has 1 aliphatic rings. The minimum atomic E-state index is -3.90. The summed E-state index contributed by atoms with van der Waals surface area (Å²) in [6.45, 7) is 3.01. The molecule has 1 aliphatic carbocycles. The Kier molecular flexibility index (Phi) is 7.64. The number of sulfonamides is 1. The molecular formula is C18H25ClN2O5S. The molecule has 1 aromatic rings. The lowest BCUT2D eigenvalue weighted by molar-refractivity contribution is -0.150. The summed E-state index contributed by atoms with van der Waals surface area (Å²) >= 11 is 5.74. The number of hydrogen-bond donors (Lipinski definition) is 2. The molecule has 0 aromatic heterocycles. The molecule has 0 saturated heterocycles. The summed E-state index contributed by atoms with van der Waals surface area (Å²) in [4.78, 5) is 24.0. The van der Waals surface area contributed by atoms with E-state index in [-0.39, 0.29) is 16.8 Å². The maximum absolute atomic E-state index is 12.3. The molecule has 0 aliphatic heterocycles. The molecule has 27 heavy (non-hydrogen) atoms. The summed E-state index contributed by atoms with van der Waals surface area (Å²) in [7, 11) is -3.90. The van der Waals surface area contributed by atoms with Gasteiger partial charge in [0.25, 0.3) is 5.91 Å². The van der Waals surface area contributed by atoms with Gasteiger partial charge in [-0.25, -0.2) is 8.42 Å². The van der Waals surface area contributed by atoms with E-state index in [0.717, 1.165) is 25.7 Å². The van der Waals surface area contributed by atoms with Crippen molar-refractivity contribution in [2.75, 3.05) is 6.61 Å². The molecule has 1 saturated carbocycles. The van der Waals surface area contributed by atoms with E-state index in [4.69, 9.17) is 16.3 Å². The van der Waals surface area contributed by atoms with Gasteiger partial charge in [-0.2, -0.15) is 4.72 Å². The minimum absolute atomic E-state index is 0.0180. The summed E-state index contributed by atoms with van der Waals surface area (Å²) in [5.41, 5.74) is 0. The van der Waals surface area contributed by atoms with Gasteiger partial charge in [-0.15, -0.1) is 0 Å². The molecule has 7 nitrogen and oxygen atoms in total. The van der Waals surface area contributed by atoms with Crippen LogP contribution in [0.5, 0.6) is 0 Å². The number of carbonyl (C=O) groups is 2. The molecule has 150 valence electrons. The molecule has 0 spiro atoms. The smallest absolute Gasteiger partial charge is 0.324 e. The Hall–Kier alpha value is -1.64. The molecule has 0 unspecified atom stereocenters. The number of esters is 1. The average molecular weight is 417 g/mol. The van der Waals surface area contributed by atoms with Crippen molar-refractivity contribution >= 4 is 33.5 Å². The lowest BCUT2D eigenvalue weighted by Gasteiger charge is -2.29. The Labute approximate surface area is 164 Å². The fraction of sp³-hybridized carbons (Fsp3) is 0.556.